The summed E-state index contributed by atoms with van der Waals surface area (Å²) < 4.78 is 24.3. The summed E-state index contributed by atoms with van der Waals surface area (Å²) in [5.41, 5.74) is 0.781. The van der Waals surface area contributed by atoms with E-state index in [0.717, 1.165) is 0 Å². The Balaban J connectivity index is 1.80. The van der Waals surface area contributed by atoms with Crippen molar-refractivity contribution in [2.45, 2.75) is 25.8 Å². The highest BCUT2D eigenvalue weighted by atomic mass is 19.1. The maximum atomic E-state index is 13.3. The van der Waals surface area contributed by atoms with Gasteiger partial charge >= 0.3 is 0 Å². The number of aromatic nitrogens is 1. The smallest absolute Gasteiger partial charge is 0.247 e. The fraction of sp³-hybridized carbons (Fsp3) is 0.316. The van der Waals surface area contributed by atoms with Crippen molar-refractivity contribution in [3.8, 4) is 17.2 Å². The lowest BCUT2D eigenvalue weighted by Crippen LogP contribution is -2.38. The van der Waals surface area contributed by atoms with E-state index in [4.69, 9.17) is 9.47 Å². The van der Waals surface area contributed by atoms with Gasteiger partial charge in [-0.25, -0.2) is 4.98 Å². The largest absolute Gasteiger partial charge is 0.495 e. The molecule has 27 heavy (non-hydrogen) atoms. The molecule has 0 bridgehead atoms. The number of nitrogens with zero attached hydrogens (tertiary/aromatic N) is 2. The molecule has 1 aromatic carbocycles. The number of rotatable bonds is 5. The summed E-state index contributed by atoms with van der Waals surface area (Å²) in [6, 6.07) is 5.93. The van der Waals surface area contributed by atoms with E-state index in [-0.39, 0.29) is 11.8 Å². The van der Waals surface area contributed by atoms with Crippen LogP contribution in [0.5, 0.6) is 17.2 Å². The minimum atomic E-state index is -0.555. The third-order valence-electron chi connectivity index (χ3n) is 4.45. The number of amides is 2. The van der Waals surface area contributed by atoms with Crippen molar-refractivity contribution in [2.75, 3.05) is 19.5 Å². The Bertz CT molecular complexity index is 887. The van der Waals surface area contributed by atoms with Crippen molar-refractivity contribution in [1.82, 2.24) is 9.88 Å². The van der Waals surface area contributed by atoms with Crippen LogP contribution in [0.15, 0.2) is 30.5 Å². The molecule has 0 radical (unpaired) electrons. The number of hydrogen-bond acceptors (Lipinski definition) is 5. The molecule has 0 saturated carbocycles. The number of pyridine rings is 1. The van der Waals surface area contributed by atoms with Crippen LogP contribution in [0.25, 0.3) is 0 Å². The molecule has 1 atom stereocenters. The van der Waals surface area contributed by atoms with Gasteiger partial charge in [0.1, 0.15) is 23.3 Å². The first kappa shape index (κ1) is 18.6. The van der Waals surface area contributed by atoms with Gasteiger partial charge in [-0.15, -0.1) is 0 Å². The Morgan fingerprint density at radius 2 is 2.11 bits per heavy atom. The maximum Gasteiger partial charge on any atom is 0.247 e. The quantitative estimate of drug-likeness (QED) is 0.815. The number of ether oxygens (including phenoxy) is 2. The molecule has 1 unspecified atom stereocenters. The first-order valence-electron chi connectivity index (χ1n) is 8.43. The highest BCUT2D eigenvalue weighted by molar-refractivity contribution is 5.99. The van der Waals surface area contributed by atoms with Gasteiger partial charge in [-0.05, 0) is 31.5 Å². The molecule has 1 N–H and O–H groups in total. The summed E-state index contributed by atoms with van der Waals surface area (Å²) in [6.07, 6.45) is 2.11. The number of likely N-dealkylation sites (tertiary alicyclic amines) is 1. The molecule has 0 spiro atoms. The lowest BCUT2D eigenvalue weighted by atomic mass is 10.2. The number of methoxy groups -OCH3 is 1. The number of nitrogens with one attached hydrogen (secondary N) is 1. The Morgan fingerprint density at radius 3 is 2.74 bits per heavy atom. The predicted octanol–water partition coefficient (Wildman–Crippen LogP) is 2.89. The third kappa shape index (κ3) is 3.99. The molecule has 1 fully saturated rings. The van der Waals surface area contributed by atoms with E-state index in [0.29, 0.717) is 41.3 Å². The molecular weight excluding hydrogens is 353 g/mol. The van der Waals surface area contributed by atoms with Crippen LogP contribution in [0.3, 0.4) is 0 Å². The zero-order valence-electron chi connectivity index (χ0n) is 15.3. The summed E-state index contributed by atoms with van der Waals surface area (Å²) in [6.45, 7) is 1.59. The lowest BCUT2D eigenvalue weighted by molar-refractivity contribution is -0.131. The number of anilines is 1. The van der Waals surface area contributed by atoms with Gasteiger partial charge in [0.25, 0.3) is 0 Å². The minimum absolute atomic E-state index is 0.0571. The van der Waals surface area contributed by atoms with Gasteiger partial charge in [0.2, 0.25) is 17.8 Å². The molecule has 1 aliphatic heterocycles. The molecule has 142 valence electrons. The topological polar surface area (TPSA) is 80.8 Å². The van der Waals surface area contributed by atoms with E-state index in [1.54, 1.807) is 32.2 Å². The second-order valence-corrected chi connectivity index (χ2v) is 6.29. The Kier molecular flexibility index (Phi) is 5.25. The molecule has 0 aliphatic carbocycles. The fourth-order valence-corrected chi connectivity index (χ4v) is 2.90. The van der Waals surface area contributed by atoms with Crippen molar-refractivity contribution < 1.29 is 23.5 Å². The molecular formula is C19H20FN3O4. The number of carbonyl (C=O) groups is 2. The van der Waals surface area contributed by atoms with Crippen LogP contribution in [0.4, 0.5) is 10.1 Å². The molecule has 2 aromatic rings. The average Bonchev–Trinajstić information content (AvgIpc) is 2.97. The van der Waals surface area contributed by atoms with E-state index >= 15 is 0 Å². The fourth-order valence-electron chi connectivity index (χ4n) is 2.90. The highest BCUT2D eigenvalue weighted by Crippen LogP contribution is 2.32. The summed E-state index contributed by atoms with van der Waals surface area (Å²) >= 11 is 0. The lowest BCUT2D eigenvalue weighted by Gasteiger charge is -2.20. The van der Waals surface area contributed by atoms with E-state index in [1.807, 2.05) is 0 Å². The van der Waals surface area contributed by atoms with Gasteiger partial charge < -0.3 is 19.7 Å². The van der Waals surface area contributed by atoms with Gasteiger partial charge in [-0.3, -0.25) is 9.59 Å². The van der Waals surface area contributed by atoms with E-state index in [1.165, 1.54) is 24.3 Å². The van der Waals surface area contributed by atoms with Crippen LogP contribution < -0.4 is 14.8 Å². The minimum Gasteiger partial charge on any atom is -0.495 e. The monoisotopic (exact) mass is 373 g/mol. The number of benzene rings is 1. The van der Waals surface area contributed by atoms with Crippen LogP contribution in [0.2, 0.25) is 0 Å². The van der Waals surface area contributed by atoms with Crippen LogP contribution in [-0.2, 0) is 9.59 Å². The highest BCUT2D eigenvalue weighted by Gasteiger charge is 2.33. The predicted molar refractivity (Wildman–Crippen MR) is 96.4 cm³/mol. The Hall–Kier alpha value is -3.16. The summed E-state index contributed by atoms with van der Waals surface area (Å²) in [5, 5.41) is 2.79. The Morgan fingerprint density at radius 1 is 1.33 bits per heavy atom. The molecule has 1 aliphatic rings. The first-order valence-corrected chi connectivity index (χ1v) is 8.43. The molecule has 7 nitrogen and oxygen atoms in total. The van der Waals surface area contributed by atoms with E-state index < -0.39 is 12.0 Å². The standard InChI is InChI=1S/C19H20FN3O4/c1-11-8-13(10-21-18(11)20)27-12-4-6-16(26-3)14(9-12)22-19(25)15-5-7-17(24)23(15)2/h4,6,8-10,15H,5,7H2,1-3H3,(H,22,25). The van der Waals surface area contributed by atoms with Gasteiger partial charge in [0.05, 0.1) is 19.0 Å². The molecule has 2 amide bonds. The van der Waals surface area contributed by atoms with Crippen molar-refractivity contribution in [2.24, 2.45) is 0 Å². The van der Waals surface area contributed by atoms with E-state index in [9.17, 15) is 14.0 Å². The van der Waals surface area contributed by atoms with Crippen molar-refractivity contribution in [1.29, 1.82) is 0 Å². The molecule has 8 heteroatoms. The van der Waals surface area contributed by atoms with Crippen LogP contribution in [0.1, 0.15) is 18.4 Å². The SMILES string of the molecule is COc1ccc(Oc2cnc(F)c(C)c2)cc1NC(=O)C1CCC(=O)N1C. The van der Waals surface area contributed by atoms with Crippen LogP contribution in [-0.4, -0.2) is 41.9 Å². The third-order valence-corrected chi connectivity index (χ3v) is 4.45. The second kappa shape index (κ2) is 7.61. The van der Waals surface area contributed by atoms with Gasteiger partial charge in [0, 0.05) is 25.1 Å². The van der Waals surface area contributed by atoms with Crippen LogP contribution in [0, 0.1) is 12.9 Å². The normalized spacial score (nSPS) is 16.4. The maximum absolute atomic E-state index is 13.3. The number of aryl methyl sites for hydroxylation is 1. The zero-order chi connectivity index (χ0) is 19.6. The van der Waals surface area contributed by atoms with Crippen molar-refractivity contribution in [3.05, 3.63) is 42.0 Å². The second-order valence-electron chi connectivity index (χ2n) is 6.29. The molecule has 1 saturated heterocycles. The molecule has 3 rings (SSSR count). The van der Waals surface area contributed by atoms with Crippen molar-refractivity contribution in [3.63, 3.8) is 0 Å². The Labute approximate surface area is 156 Å². The summed E-state index contributed by atoms with van der Waals surface area (Å²) in [4.78, 5) is 29.2. The number of hydrogen-bond donors (Lipinski definition) is 1. The van der Waals surface area contributed by atoms with Crippen LogP contribution >= 0.6 is 0 Å². The zero-order valence-corrected chi connectivity index (χ0v) is 15.3. The summed E-state index contributed by atoms with van der Waals surface area (Å²) in [7, 11) is 3.10. The summed E-state index contributed by atoms with van der Waals surface area (Å²) in [5.74, 6) is 0.347. The van der Waals surface area contributed by atoms with E-state index in [2.05, 4.69) is 10.3 Å². The van der Waals surface area contributed by atoms with Gasteiger partial charge in [-0.1, -0.05) is 0 Å². The van der Waals surface area contributed by atoms with Gasteiger partial charge in [0.15, 0.2) is 0 Å². The number of carbonyl (C=O) groups excluding carboxylic acids is 2. The van der Waals surface area contributed by atoms with Crippen molar-refractivity contribution >= 4 is 17.5 Å². The van der Waals surface area contributed by atoms with Gasteiger partial charge in [-0.2, -0.15) is 4.39 Å². The first-order chi connectivity index (χ1) is 12.9. The molecule has 1 aromatic heterocycles. The number of likely N-dealkylation sites (N-methyl/N-ethyl adjacent to an activating group) is 1. The molecule has 2 heterocycles. The average molecular weight is 373 g/mol. The number of halogens is 1.